The maximum atomic E-state index is 11.8. The summed E-state index contributed by atoms with van der Waals surface area (Å²) in [5, 5.41) is 18.4. The highest BCUT2D eigenvalue weighted by molar-refractivity contribution is 6.33. The maximum absolute atomic E-state index is 11.8. The van der Waals surface area contributed by atoms with Crippen molar-refractivity contribution in [2.24, 2.45) is 14.1 Å². The van der Waals surface area contributed by atoms with Crippen molar-refractivity contribution in [3.8, 4) is 0 Å². The fourth-order valence-corrected chi connectivity index (χ4v) is 1.88. The van der Waals surface area contributed by atoms with Gasteiger partial charge in [-0.1, -0.05) is 11.6 Å². The predicted molar refractivity (Wildman–Crippen MR) is 73.0 cm³/mol. The molecule has 0 radical (unpaired) electrons. The van der Waals surface area contributed by atoms with Gasteiger partial charge in [-0.25, -0.2) is 0 Å². The Balaban J connectivity index is 2.09. The van der Waals surface area contributed by atoms with Crippen LogP contribution in [0.25, 0.3) is 0 Å². The average Bonchev–Trinajstić information content (AvgIpc) is 2.98. The van der Waals surface area contributed by atoms with E-state index in [9.17, 15) is 19.7 Å². The molecule has 0 bridgehead atoms. The van der Waals surface area contributed by atoms with Gasteiger partial charge in [-0.15, -0.1) is 0 Å². The van der Waals surface area contributed by atoms with Crippen LogP contribution in [-0.2, 0) is 14.1 Å². The summed E-state index contributed by atoms with van der Waals surface area (Å²) in [6.45, 7) is 0. The van der Waals surface area contributed by atoms with E-state index >= 15 is 0 Å². The van der Waals surface area contributed by atoms with E-state index in [1.54, 1.807) is 7.05 Å². The van der Waals surface area contributed by atoms with Crippen LogP contribution in [0.5, 0.6) is 0 Å². The summed E-state index contributed by atoms with van der Waals surface area (Å²) in [5.74, 6) is -1.70. The number of halogens is 1. The Morgan fingerprint density at radius 1 is 1.14 bits per heavy atom. The van der Waals surface area contributed by atoms with Crippen molar-refractivity contribution in [2.75, 3.05) is 0 Å². The molecule has 0 saturated carbocycles. The molecule has 116 valence electrons. The Morgan fingerprint density at radius 2 is 1.64 bits per heavy atom. The molecule has 0 aliphatic rings. The second-order valence-corrected chi connectivity index (χ2v) is 4.61. The highest BCUT2D eigenvalue weighted by Gasteiger charge is 2.25. The predicted octanol–water partition coefficient (Wildman–Crippen LogP) is -0.210. The quantitative estimate of drug-likeness (QED) is 0.591. The zero-order valence-electron chi connectivity index (χ0n) is 11.4. The lowest BCUT2D eigenvalue weighted by molar-refractivity contribution is -0.385. The number of amides is 2. The molecule has 2 N–H and O–H groups in total. The van der Waals surface area contributed by atoms with E-state index in [2.05, 4.69) is 15.6 Å². The first-order chi connectivity index (χ1) is 10.3. The van der Waals surface area contributed by atoms with Gasteiger partial charge in [-0.3, -0.25) is 39.9 Å². The van der Waals surface area contributed by atoms with Crippen molar-refractivity contribution >= 4 is 29.1 Å². The molecular formula is C10H10ClN7O4. The van der Waals surface area contributed by atoms with Crippen LogP contribution in [0.2, 0.25) is 5.02 Å². The smallest absolute Gasteiger partial charge is 0.273 e. The number of hydrogen-bond donors (Lipinski definition) is 2. The van der Waals surface area contributed by atoms with Crippen LogP contribution in [0, 0.1) is 10.1 Å². The van der Waals surface area contributed by atoms with Crippen LogP contribution in [-0.4, -0.2) is 36.3 Å². The van der Waals surface area contributed by atoms with Gasteiger partial charge in [0, 0.05) is 20.3 Å². The van der Waals surface area contributed by atoms with E-state index in [-0.39, 0.29) is 10.7 Å². The molecule has 2 aromatic heterocycles. The average molecular weight is 328 g/mol. The standard InChI is InChI=1S/C10H10ClN7O4/c1-16-3-5(11)7(14-16)9(19)12-13-10(20)8-6(18(21)22)4-17(2)15-8/h3-4H,1-2H3,(H,12,19)(H,13,20). The van der Waals surface area contributed by atoms with Crippen molar-refractivity contribution in [3.63, 3.8) is 0 Å². The molecule has 2 rings (SSSR count). The van der Waals surface area contributed by atoms with E-state index in [1.165, 1.54) is 17.9 Å². The number of hydrogen-bond acceptors (Lipinski definition) is 6. The lowest BCUT2D eigenvalue weighted by atomic mass is 10.3. The van der Waals surface area contributed by atoms with Gasteiger partial charge in [-0.2, -0.15) is 10.2 Å². The van der Waals surface area contributed by atoms with Crippen molar-refractivity contribution in [3.05, 3.63) is 38.9 Å². The van der Waals surface area contributed by atoms with E-state index < -0.39 is 28.1 Å². The molecular weight excluding hydrogens is 318 g/mol. The summed E-state index contributed by atoms with van der Waals surface area (Å²) in [6.07, 6.45) is 2.48. The molecule has 0 unspecified atom stereocenters. The highest BCUT2D eigenvalue weighted by atomic mass is 35.5. The lowest BCUT2D eigenvalue weighted by Gasteiger charge is -2.04. The first kappa shape index (κ1) is 15.4. The molecule has 22 heavy (non-hydrogen) atoms. The first-order valence-corrected chi connectivity index (χ1v) is 6.15. The summed E-state index contributed by atoms with van der Waals surface area (Å²) >= 11 is 5.78. The first-order valence-electron chi connectivity index (χ1n) is 5.77. The molecule has 2 heterocycles. The maximum Gasteiger partial charge on any atom is 0.320 e. The summed E-state index contributed by atoms with van der Waals surface area (Å²) in [4.78, 5) is 33.7. The SMILES string of the molecule is Cn1cc(Cl)c(C(=O)NNC(=O)c2nn(C)cc2[N+](=O)[O-])n1. The molecule has 2 aromatic rings. The molecule has 0 atom stereocenters. The summed E-state index contributed by atoms with van der Waals surface area (Å²) in [5.41, 5.74) is 3.06. The number of aryl methyl sites for hydroxylation is 2. The fourth-order valence-electron chi connectivity index (χ4n) is 1.62. The normalized spacial score (nSPS) is 10.3. The van der Waals surface area contributed by atoms with Crippen molar-refractivity contribution < 1.29 is 14.5 Å². The lowest BCUT2D eigenvalue weighted by Crippen LogP contribution is -2.42. The molecule has 0 aliphatic carbocycles. The van der Waals surface area contributed by atoms with Gasteiger partial charge in [0.05, 0.1) is 9.95 Å². The van der Waals surface area contributed by atoms with Crippen LogP contribution in [0.15, 0.2) is 12.4 Å². The highest BCUT2D eigenvalue weighted by Crippen LogP contribution is 2.15. The molecule has 11 nitrogen and oxygen atoms in total. The molecule has 12 heteroatoms. The molecule has 0 aliphatic heterocycles. The number of nitrogens with one attached hydrogen (secondary N) is 2. The van der Waals surface area contributed by atoms with Gasteiger partial charge in [0.25, 0.3) is 11.8 Å². The minimum atomic E-state index is -0.937. The number of hydrazine groups is 1. The number of carbonyl (C=O) groups excluding carboxylic acids is 2. The van der Waals surface area contributed by atoms with Gasteiger partial charge in [-0.05, 0) is 0 Å². The van der Waals surface area contributed by atoms with Crippen LogP contribution < -0.4 is 10.9 Å². The van der Waals surface area contributed by atoms with E-state index in [1.807, 2.05) is 5.43 Å². The van der Waals surface area contributed by atoms with E-state index in [0.29, 0.717) is 0 Å². The van der Waals surface area contributed by atoms with Crippen LogP contribution in [0.3, 0.4) is 0 Å². The Morgan fingerprint density at radius 3 is 2.14 bits per heavy atom. The largest absolute Gasteiger partial charge is 0.320 e. The Labute approximate surface area is 128 Å². The van der Waals surface area contributed by atoms with Gasteiger partial charge in [0.1, 0.15) is 6.20 Å². The molecule has 0 saturated heterocycles. The van der Waals surface area contributed by atoms with Crippen molar-refractivity contribution in [2.45, 2.75) is 0 Å². The molecule has 0 aromatic carbocycles. The zero-order chi connectivity index (χ0) is 16.4. The number of carbonyl (C=O) groups is 2. The van der Waals surface area contributed by atoms with Crippen LogP contribution in [0.1, 0.15) is 21.0 Å². The number of nitro groups is 1. The third-order valence-corrected chi connectivity index (χ3v) is 2.79. The molecule has 0 fully saturated rings. The number of nitrogens with zero attached hydrogens (tertiary/aromatic N) is 5. The number of aromatic nitrogens is 4. The molecule has 2 amide bonds. The fraction of sp³-hybridized carbons (Fsp3) is 0.200. The second-order valence-electron chi connectivity index (χ2n) is 4.20. The number of rotatable bonds is 3. The van der Waals surface area contributed by atoms with E-state index in [0.717, 1.165) is 10.9 Å². The third-order valence-electron chi connectivity index (χ3n) is 2.51. The van der Waals surface area contributed by atoms with Gasteiger partial charge < -0.3 is 0 Å². The minimum Gasteiger partial charge on any atom is -0.273 e. The Bertz CT molecular complexity index is 765. The summed E-state index contributed by atoms with van der Waals surface area (Å²) < 4.78 is 2.44. The topological polar surface area (TPSA) is 137 Å². The zero-order valence-corrected chi connectivity index (χ0v) is 12.2. The van der Waals surface area contributed by atoms with Crippen LogP contribution >= 0.6 is 11.6 Å². The van der Waals surface area contributed by atoms with Crippen molar-refractivity contribution in [1.82, 2.24) is 30.4 Å². The Kier molecular flexibility index (Phi) is 4.08. The minimum absolute atomic E-state index is 0.0954. The van der Waals surface area contributed by atoms with Gasteiger partial charge >= 0.3 is 5.69 Å². The monoisotopic (exact) mass is 327 g/mol. The van der Waals surface area contributed by atoms with Gasteiger partial charge in [0.2, 0.25) is 5.69 Å². The summed E-state index contributed by atoms with van der Waals surface area (Å²) in [6, 6.07) is 0. The molecule has 0 spiro atoms. The third kappa shape index (κ3) is 3.03. The van der Waals surface area contributed by atoms with Gasteiger partial charge in [0.15, 0.2) is 5.69 Å². The van der Waals surface area contributed by atoms with Crippen LogP contribution in [0.4, 0.5) is 5.69 Å². The Hall–Kier alpha value is -2.95. The van der Waals surface area contributed by atoms with E-state index in [4.69, 9.17) is 11.6 Å². The van der Waals surface area contributed by atoms with Crippen molar-refractivity contribution in [1.29, 1.82) is 0 Å². The summed E-state index contributed by atoms with van der Waals surface area (Å²) in [7, 11) is 2.99. The second kappa shape index (κ2) is 5.81.